The highest BCUT2D eigenvalue weighted by Crippen LogP contribution is 2.30. The molecule has 3 rings (SSSR count). The number of halogens is 2. The maximum Gasteiger partial charge on any atom is 0.261 e. The molecule has 2 aromatic rings. The number of hydrogen-bond acceptors (Lipinski definition) is 4. The van der Waals surface area contributed by atoms with Gasteiger partial charge in [0.15, 0.2) is 0 Å². The third-order valence-electron chi connectivity index (χ3n) is 4.00. The molecule has 9 heteroatoms. The monoisotopic (exact) mass is 442 g/mol. The van der Waals surface area contributed by atoms with Crippen molar-refractivity contribution in [3.05, 3.63) is 46.7 Å². The first-order valence-electron chi connectivity index (χ1n) is 7.78. The van der Waals surface area contributed by atoms with Gasteiger partial charge >= 0.3 is 0 Å². The zero-order valence-corrected chi connectivity index (χ0v) is 16.2. The van der Waals surface area contributed by atoms with Crippen LogP contribution in [0.5, 0.6) is 5.75 Å². The first-order chi connectivity index (χ1) is 12.3. The maximum atomic E-state index is 14.4. The van der Waals surface area contributed by atoms with E-state index >= 15 is 0 Å². The number of sulfonamides is 1. The summed E-state index contributed by atoms with van der Waals surface area (Å²) in [5.74, 6) is -0.300. The Bertz CT molecular complexity index is 965. The minimum atomic E-state index is -3.90. The van der Waals surface area contributed by atoms with Gasteiger partial charge in [0, 0.05) is 19.0 Å². The normalized spacial score (nSPS) is 14.6. The largest absolute Gasteiger partial charge is 0.496 e. The Kier molecular flexibility index (Phi) is 5.19. The van der Waals surface area contributed by atoms with Crippen LogP contribution in [0, 0.1) is 5.82 Å². The molecule has 1 saturated heterocycles. The summed E-state index contributed by atoms with van der Waals surface area (Å²) in [5.41, 5.74) is 0.229. The summed E-state index contributed by atoms with van der Waals surface area (Å²) >= 11 is 3.23. The van der Waals surface area contributed by atoms with Crippen molar-refractivity contribution in [3.63, 3.8) is 0 Å². The van der Waals surface area contributed by atoms with E-state index in [2.05, 4.69) is 20.7 Å². The molecule has 0 atom stereocenters. The van der Waals surface area contributed by atoms with Gasteiger partial charge in [0.1, 0.15) is 11.6 Å². The summed E-state index contributed by atoms with van der Waals surface area (Å²) < 4.78 is 47.3. The van der Waals surface area contributed by atoms with Crippen molar-refractivity contribution in [2.75, 3.05) is 23.3 Å². The molecule has 1 amide bonds. The second kappa shape index (κ2) is 7.24. The van der Waals surface area contributed by atoms with E-state index in [0.717, 1.165) is 6.07 Å². The van der Waals surface area contributed by atoms with Crippen molar-refractivity contribution in [3.8, 4) is 5.75 Å². The van der Waals surface area contributed by atoms with E-state index in [-0.39, 0.29) is 22.2 Å². The Morgan fingerprint density at radius 3 is 2.58 bits per heavy atom. The fourth-order valence-corrected chi connectivity index (χ4v) is 4.49. The fourth-order valence-electron chi connectivity index (χ4n) is 2.72. The van der Waals surface area contributed by atoms with Crippen LogP contribution in [0.4, 0.5) is 15.8 Å². The molecule has 2 aromatic carbocycles. The number of benzene rings is 2. The minimum absolute atomic E-state index is 0.00406. The van der Waals surface area contributed by atoms with Crippen LogP contribution in [-0.4, -0.2) is 28.0 Å². The van der Waals surface area contributed by atoms with Gasteiger partial charge in [-0.3, -0.25) is 9.52 Å². The lowest BCUT2D eigenvalue weighted by molar-refractivity contribution is -0.117. The van der Waals surface area contributed by atoms with E-state index in [9.17, 15) is 17.6 Å². The topological polar surface area (TPSA) is 75.7 Å². The highest BCUT2D eigenvalue weighted by Gasteiger charge is 2.25. The minimum Gasteiger partial charge on any atom is -0.496 e. The van der Waals surface area contributed by atoms with E-state index in [4.69, 9.17) is 4.74 Å². The SMILES string of the molecule is COc1ccc(S(=O)(=O)Nc2ccc(N3CCCC3=O)c(F)c2)cc1Br. The van der Waals surface area contributed by atoms with Crippen LogP contribution < -0.4 is 14.4 Å². The summed E-state index contributed by atoms with van der Waals surface area (Å²) in [5, 5.41) is 0. The standard InChI is InChI=1S/C17H16BrFN2O4S/c1-25-16-7-5-12(10-13(16)18)26(23,24)20-11-4-6-15(14(19)9-11)21-8-2-3-17(21)22/h4-7,9-10,20H,2-3,8H2,1H3. The molecule has 0 radical (unpaired) electrons. The van der Waals surface area contributed by atoms with Gasteiger partial charge < -0.3 is 9.64 Å². The molecule has 6 nitrogen and oxygen atoms in total. The summed E-state index contributed by atoms with van der Waals surface area (Å²) in [6, 6.07) is 8.20. The summed E-state index contributed by atoms with van der Waals surface area (Å²) in [4.78, 5) is 13.1. The average Bonchev–Trinajstić information content (AvgIpc) is 3.00. The zero-order valence-electron chi connectivity index (χ0n) is 13.8. The molecule has 0 bridgehead atoms. The van der Waals surface area contributed by atoms with Gasteiger partial charge in [-0.15, -0.1) is 0 Å². The molecule has 0 aliphatic carbocycles. The van der Waals surface area contributed by atoms with Crippen molar-refractivity contribution >= 4 is 43.2 Å². The molecule has 26 heavy (non-hydrogen) atoms. The number of carbonyl (C=O) groups is 1. The Labute approximate surface area is 159 Å². The molecule has 1 aliphatic heterocycles. The molecule has 138 valence electrons. The van der Waals surface area contributed by atoms with Crippen molar-refractivity contribution in [1.82, 2.24) is 0 Å². The first kappa shape index (κ1) is 18.7. The van der Waals surface area contributed by atoms with Gasteiger partial charge in [0.05, 0.1) is 27.9 Å². The molecule has 1 N–H and O–H groups in total. The number of methoxy groups -OCH3 is 1. The van der Waals surface area contributed by atoms with E-state index in [1.165, 1.54) is 42.3 Å². The highest BCUT2D eigenvalue weighted by molar-refractivity contribution is 9.10. The average molecular weight is 443 g/mol. The van der Waals surface area contributed by atoms with E-state index in [1.54, 1.807) is 0 Å². The van der Waals surface area contributed by atoms with Crippen LogP contribution in [0.2, 0.25) is 0 Å². The quantitative estimate of drug-likeness (QED) is 0.768. The lowest BCUT2D eigenvalue weighted by Crippen LogP contribution is -2.24. The third kappa shape index (κ3) is 3.68. The third-order valence-corrected chi connectivity index (χ3v) is 6.00. The van der Waals surface area contributed by atoms with Crippen molar-refractivity contribution in [2.24, 2.45) is 0 Å². The lowest BCUT2D eigenvalue weighted by Gasteiger charge is -2.17. The molecule has 0 spiro atoms. The van der Waals surface area contributed by atoms with Gasteiger partial charge in [-0.05, 0) is 52.7 Å². The highest BCUT2D eigenvalue weighted by atomic mass is 79.9. The first-order valence-corrected chi connectivity index (χ1v) is 10.1. The van der Waals surface area contributed by atoms with Crippen LogP contribution in [0.15, 0.2) is 45.8 Å². The van der Waals surface area contributed by atoms with Gasteiger partial charge in [0.25, 0.3) is 10.0 Å². The molecule has 0 aromatic heterocycles. The molecule has 0 unspecified atom stereocenters. The van der Waals surface area contributed by atoms with Crippen molar-refractivity contribution in [1.29, 1.82) is 0 Å². The molecular weight excluding hydrogens is 427 g/mol. The Morgan fingerprint density at radius 2 is 2.00 bits per heavy atom. The second-order valence-electron chi connectivity index (χ2n) is 5.72. The van der Waals surface area contributed by atoms with Crippen LogP contribution in [0.3, 0.4) is 0 Å². The van der Waals surface area contributed by atoms with Gasteiger partial charge in [-0.2, -0.15) is 0 Å². The molecular formula is C17H16BrFN2O4S. The number of amides is 1. The molecule has 1 heterocycles. The Balaban J connectivity index is 1.85. The predicted octanol–water partition coefficient (Wildman–Crippen LogP) is 3.52. The van der Waals surface area contributed by atoms with E-state index in [1.807, 2.05) is 0 Å². The van der Waals surface area contributed by atoms with E-state index in [0.29, 0.717) is 29.6 Å². The lowest BCUT2D eigenvalue weighted by atomic mass is 10.2. The number of anilines is 2. The van der Waals surface area contributed by atoms with Crippen LogP contribution >= 0.6 is 15.9 Å². The summed E-state index contributed by atoms with van der Waals surface area (Å²) in [6.45, 7) is 0.459. The molecule has 1 fully saturated rings. The summed E-state index contributed by atoms with van der Waals surface area (Å²) in [6.07, 6.45) is 1.07. The Hall–Kier alpha value is -2.13. The number of ether oxygens (including phenoxy) is 1. The smallest absolute Gasteiger partial charge is 0.261 e. The zero-order chi connectivity index (χ0) is 18.9. The van der Waals surface area contributed by atoms with Crippen LogP contribution in [-0.2, 0) is 14.8 Å². The van der Waals surface area contributed by atoms with Crippen LogP contribution in [0.1, 0.15) is 12.8 Å². The second-order valence-corrected chi connectivity index (χ2v) is 8.25. The number of carbonyl (C=O) groups excluding carboxylic acids is 1. The fraction of sp³-hybridized carbons (Fsp3) is 0.235. The van der Waals surface area contributed by atoms with Gasteiger partial charge in [-0.1, -0.05) is 0 Å². The number of hydrogen-bond donors (Lipinski definition) is 1. The van der Waals surface area contributed by atoms with Crippen LogP contribution in [0.25, 0.3) is 0 Å². The maximum absolute atomic E-state index is 14.4. The predicted molar refractivity (Wildman–Crippen MR) is 99.5 cm³/mol. The van der Waals surface area contributed by atoms with Gasteiger partial charge in [0.2, 0.25) is 5.91 Å². The molecule has 0 saturated carbocycles. The number of rotatable bonds is 5. The summed E-state index contributed by atoms with van der Waals surface area (Å²) in [7, 11) is -2.43. The molecule has 1 aliphatic rings. The van der Waals surface area contributed by atoms with E-state index < -0.39 is 15.8 Å². The van der Waals surface area contributed by atoms with Crippen molar-refractivity contribution in [2.45, 2.75) is 17.7 Å². The van der Waals surface area contributed by atoms with Crippen molar-refractivity contribution < 1.29 is 22.3 Å². The number of nitrogens with one attached hydrogen (secondary N) is 1. The van der Waals surface area contributed by atoms with Gasteiger partial charge in [-0.25, -0.2) is 12.8 Å². The Morgan fingerprint density at radius 1 is 1.23 bits per heavy atom. The number of nitrogens with zero attached hydrogens (tertiary/aromatic N) is 1.